The Kier molecular flexibility index (Phi) is 3.26. The molecule has 1 aromatic heterocycles. The minimum atomic E-state index is 0.650. The molecule has 0 aliphatic carbocycles. The minimum Gasteiger partial charge on any atom is -0.396 e. The van der Waals surface area contributed by atoms with Gasteiger partial charge in [0.05, 0.1) is 22.6 Å². The van der Waals surface area contributed by atoms with Gasteiger partial charge < -0.3 is 10.6 Å². The highest BCUT2D eigenvalue weighted by Gasteiger charge is 2.24. The molecule has 3 nitrogen and oxygen atoms in total. The molecule has 82 valence electrons. The molecule has 0 bridgehead atoms. The maximum Gasteiger partial charge on any atom is 0.0843 e. The molecule has 1 saturated heterocycles. The first kappa shape index (κ1) is 10.9. The van der Waals surface area contributed by atoms with Crippen molar-refractivity contribution in [3.05, 3.63) is 17.4 Å². The van der Waals surface area contributed by atoms with E-state index >= 15 is 0 Å². The van der Waals surface area contributed by atoms with E-state index < -0.39 is 0 Å². The second-order valence-electron chi connectivity index (χ2n) is 3.65. The van der Waals surface area contributed by atoms with E-state index in [1.807, 2.05) is 11.8 Å². The van der Waals surface area contributed by atoms with Crippen molar-refractivity contribution < 1.29 is 0 Å². The largest absolute Gasteiger partial charge is 0.396 e. The zero-order valence-electron chi connectivity index (χ0n) is 8.61. The highest BCUT2D eigenvalue weighted by Crippen LogP contribution is 2.34. The van der Waals surface area contributed by atoms with E-state index in [2.05, 4.69) is 16.1 Å². The van der Waals surface area contributed by atoms with Crippen LogP contribution in [0.4, 0.5) is 11.4 Å². The number of hydrogen-bond acceptors (Lipinski definition) is 4. The van der Waals surface area contributed by atoms with Crippen molar-refractivity contribution in [1.29, 1.82) is 0 Å². The van der Waals surface area contributed by atoms with Gasteiger partial charge >= 0.3 is 0 Å². The van der Waals surface area contributed by atoms with E-state index in [1.165, 1.54) is 6.42 Å². The van der Waals surface area contributed by atoms with Crippen molar-refractivity contribution in [1.82, 2.24) is 4.98 Å². The molecule has 0 aromatic carbocycles. The van der Waals surface area contributed by atoms with Gasteiger partial charge in [0.25, 0.3) is 0 Å². The van der Waals surface area contributed by atoms with Crippen molar-refractivity contribution in [3.63, 3.8) is 0 Å². The third-order valence-electron chi connectivity index (χ3n) is 2.70. The number of thioether (sulfide) groups is 1. The lowest BCUT2D eigenvalue weighted by molar-refractivity contribution is 0.965. The molecule has 1 aromatic rings. The average Bonchev–Trinajstić information content (AvgIpc) is 2.66. The van der Waals surface area contributed by atoms with Crippen molar-refractivity contribution in [2.75, 3.05) is 30.0 Å². The van der Waals surface area contributed by atoms with Gasteiger partial charge in [-0.3, -0.25) is 4.98 Å². The van der Waals surface area contributed by atoms with Crippen LogP contribution >= 0.6 is 23.4 Å². The number of halogens is 1. The highest BCUT2D eigenvalue weighted by molar-refractivity contribution is 7.99. The predicted molar refractivity (Wildman–Crippen MR) is 67.8 cm³/mol. The summed E-state index contributed by atoms with van der Waals surface area (Å²) in [6.07, 6.45) is 6.65. The van der Waals surface area contributed by atoms with Crippen LogP contribution in [0.5, 0.6) is 0 Å². The summed E-state index contributed by atoms with van der Waals surface area (Å²) in [5, 5.41) is 1.34. The molecule has 2 heterocycles. The molecule has 0 saturated carbocycles. The van der Waals surface area contributed by atoms with Crippen LogP contribution in [0, 0.1) is 0 Å². The maximum absolute atomic E-state index is 6.11. The highest BCUT2D eigenvalue weighted by atomic mass is 35.5. The topological polar surface area (TPSA) is 42.1 Å². The van der Waals surface area contributed by atoms with E-state index in [0.29, 0.717) is 16.0 Å². The van der Waals surface area contributed by atoms with E-state index in [1.54, 1.807) is 12.4 Å². The zero-order valence-corrected chi connectivity index (χ0v) is 10.2. The standard InChI is InChI=1S/C10H14ClN3S/c1-15-7-2-3-14(6-7)10-8(11)4-13-5-9(10)12/h4-5,7H,2-3,6,12H2,1H3. The van der Waals surface area contributed by atoms with Crippen LogP contribution in [0.1, 0.15) is 6.42 Å². The number of nitrogens with two attached hydrogens (primary N) is 1. The second-order valence-corrected chi connectivity index (χ2v) is 5.20. The Morgan fingerprint density at radius 3 is 3.00 bits per heavy atom. The van der Waals surface area contributed by atoms with Crippen LogP contribution in [0.2, 0.25) is 5.02 Å². The Morgan fingerprint density at radius 1 is 1.60 bits per heavy atom. The summed E-state index contributed by atoms with van der Waals surface area (Å²) in [7, 11) is 0. The van der Waals surface area contributed by atoms with Gasteiger partial charge in [-0.05, 0) is 12.7 Å². The van der Waals surface area contributed by atoms with Crippen LogP contribution in [-0.4, -0.2) is 29.6 Å². The third-order valence-corrected chi connectivity index (χ3v) is 4.02. The number of hydrogen-bond donors (Lipinski definition) is 1. The Balaban J connectivity index is 2.23. The molecule has 1 aliphatic rings. The van der Waals surface area contributed by atoms with Gasteiger partial charge in [0.2, 0.25) is 0 Å². The molecule has 15 heavy (non-hydrogen) atoms. The Labute approximate surface area is 99.0 Å². The molecule has 1 unspecified atom stereocenters. The molecule has 1 atom stereocenters. The monoisotopic (exact) mass is 243 g/mol. The molecule has 0 amide bonds. The van der Waals surface area contributed by atoms with E-state index in [4.69, 9.17) is 17.3 Å². The first-order valence-corrected chi connectivity index (χ1v) is 6.55. The first-order chi connectivity index (χ1) is 7.22. The number of nitrogens with zero attached hydrogens (tertiary/aromatic N) is 2. The SMILES string of the molecule is CSC1CCN(c2c(N)cncc2Cl)C1. The molecular formula is C10H14ClN3S. The van der Waals surface area contributed by atoms with Gasteiger partial charge in [-0.2, -0.15) is 11.8 Å². The summed E-state index contributed by atoms with van der Waals surface area (Å²) in [6, 6.07) is 0. The van der Waals surface area contributed by atoms with Crippen molar-refractivity contribution >= 4 is 34.7 Å². The first-order valence-electron chi connectivity index (χ1n) is 4.89. The van der Waals surface area contributed by atoms with Gasteiger partial charge in [-0.15, -0.1) is 0 Å². The van der Waals surface area contributed by atoms with Gasteiger partial charge in [0.15, 0.2) is 0 Å². The fraction of sp³-hybridized carbons (Fsp3) is 0.500. The van der Waals surface area contributed by atoms with E-state index in [-0.39, 0.29) is 0 Å². The smallest absolute Gasteiger partial charge is 0.0843 e. The fourth-order valence-electron chi connectivity index (χ4n) is 1.90. The maximum atomic E-state index is 6.11. The van der Waals surface area contributed by atoms with Crippen molar-refractivity contribution in [2.24, 2.45) is 0 Å². The zero-order chi connectivity index (χ0) is 10.8. The Hall–Kier alpha value is -0.610. The Morgan fingerprint density at radius 2 is 2.40 bits per heavy atom. The lowest BCUT2D eigenvalue weighted by Gasteiger charge is -2.21. The lowest BCUT2D eigenvalue weighted by Crippen LogP contribution is -2.21. The fourth-order valence-corrected chi connectivity index (χ4v) is 2.86. The summed E-state index contributed by atoms with van der Waals surface area (Å²) < 4.78 is 0. The molecule has 5 heteroatoms. The molecule has 2 rings (SSSR count). The van der Waals surface area contributed by atoms with Crippen LogP contribution in [0.3, 0.4) is 0 Å². The molecule has 0 radical (unpaired) electrons. The van der Waals surface area contributed by atoms with Gasteiger partial charge in [0, 0.05) is 24.5 Å². The van der Waals surface area contributed by atoms with E-state index in [0.717, 1.165) is 18.8 Å². The average molecular weight is 244 g/mol. The molecule has 0 spiro atoms. The number of aromatic nitrogens is 1. The summed E-state index contributed by atoms with van der Waals surface area (Å²) in [6.45, 7) is 2.05. The number of nitrogen functional groups attached to an aromatic ring is 1. The van der Waals surface area contributed by atoms with Gasteiger partial charge in [-0.1, -0.05) is 11.6 Å². The normalized spacial score (nSPS) is 20.9. The summed E-state index contributed by atoms with van der Waals surface area (Å²) in [5.74, 6) is 0. The lowest BCUT2D eigenvalue weighted by atomic mass is 10.3. The molecule has 2 N–H and O–H groups in total. The van der Waals surface area contributed by atoms with Crippen LogP contribution in [-0.2, 0) is 0 Å². The minimum absolute atomic E-state index is 0.650. The summed E-state index contributed by atoms with van der Waals surface area (Å²) >= 11 is 8.01. The Bertz CT molecular complexity index is 338. The molecule has 1 aliphatic heterocycles. The summed E-state index contributed by atoms with van der Waals surface area (Å²) in [4.78, 5) is 6.22. The molecular weight excluding hydrogens is 230 g/mol. The second kappa shape index (κ2) is 4.49. The van der Waals surface area contributed by atoms with E-state index in [9.17, 15) is 0 Å². The van der Waals surface area contributed by atoms with Crippen LogP contribution < -0.4 is 10.6 Å². The number of pyridine rings is 1. The predicted octanol–water partition coefficient (Wildman–Crippen LogP) is 2.26. The molecule has 1 fully saturated rings. The van der Waals surface area contributed by atoms with Gasteiger partial charge in [-0.25, -0.2) is 0 Å². The summed E-state index contributed by atoms with van der Waals surface area (Å²) in [5.41, 5.74) is 7.51. The number of rotatable bonds is 2. The van der Waals surface area contributed by atoms with Crippen LogP contribution in [0.25, 0.3) is 0 Å². The number of anilines is 2. The van der Waals surface area contributed by atoms with Crippen molar-refractivity contribution in [3.8, 4) is 0 Å². The quantitative estimate of drug-likeness (QED) is 0.865. The van der Waals surface area contributed by atoms with Crippen LogP contribution in [0.15, 0.2) is 12.4 Å². The van der Waals surface area contributed by atoms with Crippen molar-refractivity contribution in [2.45, 2.75) is 11.7 Å². The van der Waals surface area contributed by atoms with Gasteiger partial charge in [0.1, 0.15) is 0 Å². The third kappa shape index (κ3) is 2.16.